The van der Waals surface area contributed by atoms with Crippen LogP contribution in [0.15, 0.2) is 52.5 Å². The summed E-state index contributed by atoms with van der Waals surface area (Å²) in [6.45, 7) is 3.88. The van der Waals surface area contributed by atoms with Crippen LogP contribution < -0.4 is 5.32 Å². The fourth-order valence-electron chi connectivity index (χ4n) is 1.87. The number of pyridine rings is 1. The van der Waals surface area contributed by atoms with Crippen LogP contribution in [0.4, 0.5) is 0 Å². The minimum absolute atomic E-state index is 0.119. The van der Waals surface area contributed by atoms with Crippen LogP contribution >= 0.6 is 23.4 Å². The van der Waals surface area contributed by atoms with Crippen molar-refractivity contribution in [3.63, 3.8) is 0 Å². The number of benzene rings is 1. The summed E-state index contributed by atoms with van der Waals surface area (Å²) in [4.78, 5) is 17.6. The number of rotatable bonds is 8. The Morgan fingerprint density at radius 3 is 2.83 bits per heavy atom. The molecular formula is C17H19ClN2O2S. The smallest absolute Gasteiger partial charge is 0.254 e. The zero-order valence-corrected chi connectivity index (χ0v) is 14.5. The molecule has 1 N–H and O–H groups in total. The highest BCUT2D eigenvalue weighted by Crippen LogP contribution is 2.29. The highest BCUT2D eigenvalue weighted by atomic mass is 35.5. The average molecular weight is 351 g/mol. The maximum Gasteiger partial charge on any atom is 0.254 e. The number of carbonyl (C=O) groups is 1. The van der Waals surface area contributed by atoms with Gasteiger partial charge in [-0.25, -0.2) is 4.98 Å². The van der Waals surface area contributed by atoms with E-state index in [1.54, 1.807) is 18.3 Å². The predicted molar refractivity (Wildman–Crippen MR) is 93.3 cm³/mol. The molecule has 0 unspecified atom stereocenters. The highest BCUT2D eigenvalue weighted by molar-refractivity contribution is 7.99. The molecule has 1 amide bonds. The molecule has 6 heteroatoms. The molecule has 0 aliphatic rings. The minimum atomic E-state index is -0.119. The molecule has 0 bridgehead atoms. The summed E-state index contributed by atoms with van der Waals surface area (Å²) in [5.41, 5.74) is 0.573. The van der Waals surface area contributed by atoms with E-state index in [0.29, 0.717) is 35.4 Å². The number of aromatic nitrogens is 1. The van der Waals surface area contributed by atoms with Gasteiger partial charge in [-0.2, -0.15) is 0 Å². The van der Waals surface area contributed by atoms with Gasteiger partial charge in [0.05, 0.1) is 5.56 Å². The Kier molecular flexibility index (Phi) is 7.39. The summed E-state index contributed by atoms with van der Waals surface area (Å²) in [5.74, 6) is -0.119. The predicted octanol–water partition coefficient (Wildman–Crippen LogP) is 4.04. The number of nitrogens with one attached hydrogen (secondary N) is 1. The van der Waals surface area contributed by atoms with E-state index in [-0.39, 0.29) is 5.91 Å². The number of amides is 1. The zero-order valence-electron chi connectivity index (χ0n) is 12.9. The molecule has 23 heavy (non-hydrogen) atoms. The molecule has 0 aliphatic heterocycles. The average Bonchev–Trinajstić information content (AvgIpc) is 2.57. The van der Waals surface area contributed by atoms with Gasteiger partial charge < -0.3 is 10.1 Å². The van der Waals surface area contributed by atoms with Crippen molar-refractivity contribution in [3.05, 3.63) is 53.2 Å². The van der Waals surface area contributed by atoms with E-state index in [9.17, 15) is 4.79 Å². The molecule has 0 radical (unpaired) electrons. The van der Waals surface area contributed by atoms with Crippen LogP contribution in [0.25, 0.3) is 0 Å². The lowest BCUT2D eigenvalue weighted by atomic mass is 10.2. The Morgan fingerprint density at radius 2 is 2.09 bits per heavy atom. The first-order valence-corrected chi connectivity index (χ1v) is 8.64. The van der Waals surface area contributed by atoms with Crippen molar-refractivity contribution in [2.75, 3.05) is 19.8 Å². The number of nitrogens with zero attached hydrogens (tertiary/aromatic N) is 1. The van der Waals surface area contributed by atoms with Gasteiger partial charge in [0.1, 0.15) is 5.03 Å². The van der Waals surface area contributed by atoms with Crippen molar-refractivity contribution in [2.24, 2.45) is 0 Å². The summed E-state index contributed by atoms with van der Waals surface area (Å²) in [5, 5.41) is 4.26. The Hall–Kier alpha value is -1.56. The number of carbonyl (C=O) groups excluding carboxylic acids is 1. The normalized spacial score (nSPS) is 10.5. The third-order valence-electron chi connectivity index (χ3n) is 3.00. The molecule has 2 aromatic rings. The van der Waals surface area contributed by atoms with Gasteiger partial charge in [-0.05, 0) is 49.7 Å². The Labute approximate surface area is 145 Å². The van der Waals surface area contributed by atoms with Gasteiger partial charge in [0, 0.05) is 35.9 Å². The van der Waals surface area contributed by atoms with Gasteiger partial charge in [0.2, 0.25) is 0 Å². The standard InChI is InChI=1S/C17H19ClN2O2S/c1-2-22-12-4-11-19-16(21)15-5-3-10-20-17(15)23-14-8-6-13(18)7-9-14/h3,5-10H,2,4,11-12H2,1H3,(H,19,21). The second-order valence-corrected chi connectivity index (χ2v) is 6.22. The van der Waals surface area contributed by atoms with Crippen LogP contribution in [-0.2, 0) is 4.74 Å². The molecule has 1 aromatic heterocycles. The summed E-state index contributed by atoms with van der Waals surface area (Å²) in [6.07, 6.45) is 2.48. The Morgan fingerprint density at radius 1 is 1.30 bits per heavy atom. The third kappa shape index (κ3) is 5.86. The molecule has 4 nitrogen and oxygen atoms in total. The first-order chi connectivity index (χ1) is 11.2. The molecule has 2 rings (SSSR count). The van der Waals surface area contributed by atoms with Crippen molar-refractivity contribution in [2.45, 2.75) is 23.3 Å². The van der Waals surface area contributed by atoms with Crippen LogP contribution in [0.5, 0.6) is 0 Å². The summed E-state index contributed by atoms with van der Waals surface area (Å²) in [6, 6.07) is 11.0. The first-order valence-electron chi connectivity index (χ1n) is 7.45. The minimum Gasteiger partial charge on any atom is -0.382 e. The van der Waals surface area contributed by atoms with Gasteiger partial charge in [-0.1, -0.05) is 23.4 Å². The monoisotopic (exact) mass is 350 g/mol. The van der Waals surface area contributed by atoms with E-state index in [4.69, 9.17) is 16.3 Å². The lowest BCUT2D eigenvalue weighted by molar-refractivity contribution is 0.0940. The molecule has 1 heterocycles. The number of hydrogen-bond acceptors (Lipinski definition) is 4. The molecule has 0 aliphatic carbocycles. The second-order valence-electron chi connectivity index (χ2n) is 4.72. The van der Waals surface area contributed by atoms with Crippen molar-refractivity contribution >= 4 is 29.3 Å². The molecule has 122 valence electrons. The van der Waals surface area contributed by atoms with Gasteiger partial charge >= 0.3 is 0 Å². The van der Waals surface area contributed by atoms with Gasteiger partial charge in [-0.15, -0.1) is 0 Å². The van der Waals surface area contributed by atoms with E-state index in [2.05, 4.69) is 10.3 Å². The van der Waals surface area contributed by atoms with Crippen LogP contribution in [0, 0.1) is 0 Å². The molecule has 0 saturated heterocycles. The van der Waals surface area contributed by atoms with Gasteiger partial charge in [0.25, 0.3) is 5.91 Å². The fraction of sp³-hybridized carbons (Fsp3) is 0.294. The fourth-order valence-corrected chi connectivity index (χ4v) is 2.88. The quantitative estimate of drug-likeness (QED) is 0.730. The van der Waals surface area contributed by atoms with Crippen LogP contribution in [-0.4, -0.2) is 30.6 Å². The molecule has 0 saturated carbocycles. The van der Waals surface area contributed by atoms with Gasteiger partial charge in [-0.3, -0.25) is 4.79 Å². The Balaban J connectivity index is 1.99. The summed E-state index contributed by atoms with van der Waals surface area (Å²) in [7, 11) is 0. The molecule has 0 fully saturated rings. The SMILES string of the molecule is CCOCCCNC(=O)c1cccnc1Sc1ccc(Cl)cc1. The van der Waals surface area contributed by atoms with Crippen molar-refractivity contribution in [3.8, 4) is 0 Å². The maximum absolute atomic E-state index is 12.3. The largest absolute Gasteiger partial charge is 0.382 e. The molecule has 1 aromatic carbocycles. The van der Waals surface area contributed by atoms with E-state index in [0.717, 1.165) is 11.3 Å². The van der Waals surface area contributed by atoms with Crippen LogP contribution in [0.2, 0.25) is 5.02 Å². The zero-order chi connectivity index (χ0) is 16.5. The van der Waals surface area contributed by atoms with Crippen molar-refractivity contribution in [1.82, 2.24) is 10.3 Å². The number of halogens is 1. The van der Waals surface area contributed by atoms with Crippen LogP contribution in [0.3, 0.4) is 0 Å². The first kappa shape index (κ1) is 17.8. The summed E-state index contributed by atoms with van der Waals surface area (Å²) >= 11 is 7.33. The second kappa shape index (κ2) is 9.55. The summed E-state index contributed by atoms with van der Waals surface area (Å²) < 4.78 is 5.25. The third-order valence-corrected chi connectivity index (χ3v) is 4.28. The number of hydrogen-bond donors (Lipinski definition) is 1. The van der Waals surface area contributed by atoms with E-state index >= 15 is 0 Å². The topological polar surface area (TPSA) is 51.2 Å². The highest BCUT2D eigenvalue weighted by Gasteiger charge is 2.13. The lowest BCUT2D eigenvalue weighted by Gasteiger charge is -2.09. The van der Waals surface area contributed by atoms with E-state index in [1.807, 2.05) is 31.2 Å². The molecule has 0 atom stereocenters. The van der Waals surface area contributed by atoms with E-state index in [1.165, 1.54) is 11.8 Å². The molecular weight excluding hydrogens is 332 g/mol. The van der Waals surface area contributed by atoms with Crippen molar-refractivity contribution < 1.29 is 9.53 Å². The molecule has 0 spiro atoms. The van der Waals surface area contributed by atoms with Crippen molar-refractivity contribution in [1.29, 1.82) is 0 Å². The van der Waals surface area contributed by atoms with Gasteiger partial charge in [0.15, 0.2) is 0 Å². The van der Waals surface area contributed by atoms with Crippen LogP contribution in [0.1, 0.15) is 23.7 Å². The van der Waals surface area contributed by atoms with E-state index < -0.39 is 0 Å². The maximum atomic E-state index is 12.3. The number of ether oxygens (including phenoxy) is 1. The lowest BCUT2D eigenvalue weighted by Crippen LogP contribution is -2.26. The Bertz CT molecular complexity index is 635.